The van der Waals surface area contributed by atoms with Crippen LogP contribution in [0.1, 0.15) is 25.1 Å². The summed E-state index contributed by atoms with van der Waals surface area (Å²) in [4.78, 5) is 8.91. The number of nitrogens with zero attached hydrogens (tertiary/aromatic N) is 2. The van der Waals surface area contributed by atoms with Crippen LogP contribution in [0.15, 0.2) is 42.6 Å². The first kappa shape index (κ1) is 11.7. The van der Waals surface area contributed by atoms with Crippen molar-refractivity contribution in [2.24, 2.45) is 5.73 Å². The molecule has 0 fully saturated rings. The maximum Gasteiger partial charge on any atom is 0.131 e. The molecule has 88 valence electrons. The van der Waals surface area contributed by atoms with Crippen molar-refractivity contribution >= 4 is 0 Å². The predicted octanol–water partition coefficient (Wildman–Crippen LogP) is 2.60. The predicted molar refractivity (Wildman–Crippen MR) is 69.6 cm³/mol. The SMILES string of the molecule is CC(CCN)c1nccc(-c2ccccc2)n1. The molecular weight excluding hydrogens is 210 g/mol. The fourth-order valence-electron chi connectivity index (χ4n) is 1.76. The lowest BCUT2D eigenvalue weighted by molar-refractivity contribution is 0.647. The van der Waals surface area contributed by atoms with Crippen LogP contribution in [0.5, 0.6) is 0 Å². The van der Waals surface area contributed by atoms with E-state index in [2.05, 4.69) is 29.0 Å². The third kappa shape index (κ3) is 2.88. The fourth-order valence-corrected chi connectivity index (χ4v) is 1.76. The molecule has 1 aromatic heterocycles. The molecule has 1 unspecified atom stereocenters. The molecule has 0 amide bonds. The Morgan fingerprint density at radius 2 is 1.94 bits per heavy atom. The largest absolute Gasteiger partial charge is 0.330 e. The molecule has 0 radical (unpaired) electrons. The normalized spacial score (nSPS) is 12.4. The van der Waals surface area contributed by atoms with Crippen molar-refractivity contribution in [3.8, 4) is 11.3 Å². The smallest absolute Gasteiger partial charge is 0.131 e. The second-order valence-corrected chi connectivity index (χ2v) is 4.14. The van der Waals surface area contributed by atoms with Gasteiger partial charge in [-0.05, 0) is 19.0 Å². The van der Waals surface area contributed by atoms with E-state index in [9.17, 15) is 0 Å². The Morgan fingerprint density at radius 3 is 2.65 bits per heavy atom. The first-order valence-electron chi connectivity index (χ1n) is 5.89. The summed E-state index contributed by atoms with van der Waals surface area (Å²) in [5, 5.41) is 0. The van der Waals surface area contributed by atoms with E-state index in [1.165, 1.54) is 0 Å². The Bertz CT molecular complexity index is 468. The second kappa shape index (κ2) is 5.55. The summed E-state index contributed by atoms with van der Waals surface area (Å²) in [6.07, 6.45) is 2.73. The highest BCUT2D eigenvalue weighted by Gasteiger charge is 2.08. The number of hydrogen-bond donors (Lipinski definition) is 1. The van der Waals surface area contributed by atoms with E-state index in [0.29, 0.717) is 12.5 Å². The lowest BCUT2D eigenvalue weighted by atomic mass is 10.1. The molecule has 0 saturated carbocycles. The van der Waals surface area contributed by atoms with E-state index < -0.39 is 0 Å². The van der Waals surface area contributed by atoms with Crippen LogP contribution < -0.4 is 5.73 Å². The number of nitrogens with two attached hydrogens (primary N) is 1. The Labute approximate surface area is 102 Å². The average molecular weight is 227 g/mol. The number of benzene rings is 1. The maximum atomic E-state index is 5.56. The van der Waals surface area contributed by atoms with Gasteiger partial charge in [-0.15, -0.1) is 0 Å². The Kier molecular flexibility index (Phi) is 3.83. The molecule has 2 aromatic rings. The van der Waals surface area contributed by atoms with Gasteiger partial charge in [0.2, 0.25) is 0 Å². The lowest BCUT2D eigenvalue weighted by Gasteiger charge is -2.09. The van der Waals surface area contributed by atoms with Gasteiger partial charge in [-0.1, -0.05) is 37.3 Å². The monoisotopic (exact) mass is 227 g/mol. The van der Waals surface area contributed by atoms with Crippen molar-refractivity contribution in [1.82, 2.24) is 9.97 Å². The van der Waals surface area contributed by atoms with Crippen LogP contribution in [-0.4, -0.2) is 16.5 Å². The Morgan fingerprint density at radius 1 is 1.18 bits per heavy atom. The maximum absolute atomic E-state index is 5.56. The highest BCUT2D eigenvalue weighted by atomic mass is 14.9. The molecule has 0 saturated heterocycles. The van der Waals surface area contributed by atoms with Crippen LogP contribution in [0.4, 0.5) is 0 Å². The van der Waals surface area contributed by atoms with Gasteiger partial charge < -0.3 is 5.73 Å². The summed E-state index contributed by atoms with van der Waals surface area (Å²) in [7, 11) is 0. The number of aromatic nitrogens is 2. The highest BCUT2D eigenvalue weighted by molar-refractivity contribution is 5.58. The van der Waals surface area contributed by atoms with E-state index in [1.54, 1.807) is 0 Å². The summed E-state index contributed by atoms with van der Waals surface area (Å²) in [5.41, 5.74) is 7.65. The molecule has 1 atom stereocenters. The first-order chi connectivity index (χ1) is 8.31. The highest BCUT2D eigenvalue weighted by Crippen LogP contribution is 2.19. The summed E-state index contributed by atoms with van der Waals surface area (Å²) < 4.78 is 0. The summed E-state index contributed by atoms with van der Waals surface area (Å²) in [6.45, 7) is 2.77. The van der Waals surface area contributed by atoms with Crippen molar-refractivity contribution in [2.75, 3.05) is 6.54 Å². The molecule has 1 aromatic carbocycles. The van der Waals surface area contributed by atoms with Gasteiger partial charge in [0, 0.05) is 17.7 Å². The standard InChI is InChI=1S/C14H17N3/c1-11(7-9-15)14-16-10-8-13(17-14)12-5-3-2-4-6-12/h2-6,8,10-11H,7,9,15H2,1H3. The molecule has 3 nitrogen and oxygen atoms in total. The summed E-state index contributed by atoms with van der Waals surface area (Å²) in [6, 6.07) is 12.1. The third-order valence-electron chi connectivity index (χ3n) is 2.78. The minimum absolute atomic E-state index is 0.309. The second-order valence-electron chi connectivity index (χ2n) is 4.14. The zero-order valence-corrected chi connectivity index (χ0v) is 10.0. The number of rotatable bonds is 4. The molecule has 2 N–H and O–H groups in total. The molecule has 3 heteroatoms. The van der Waals surface area contributed by atoms with Crippen molar-refractivity contribution in [3.63, 3.8) is 0 Å². The van der Waals surface area contributed by atoms with E-state index in [-0.39, 0.29) is 0 Å². The molecule has 0 aliphatic carbocycles. The van der Waals surface area contributed by atoms with Gasteiger partial charge in [0.1, 0.15) is 5.82 Å². The Hall–Kier alpha value is -1.74. The Balaban J connectivity index is 2.29. The van der Waals surface area contributed by atoms with Gasteiger partial charge in [0.05, 0.1) is 5.69 Å². The van der Waals surface area contributed by atoms with Crippen molar-refractivity contribution in [2.45, 2.75) is 19.3 Å². The fraction of sp³-hybridized carbons (Fsp3) is 0.286. The zero-order valence-electron chi connectivity index (χ0n) is 10.0. The van der Waals surface area contributed by atoms with E-state index >= 15 is 0 Å². The van der Waals surface area contributed by atoms with Gasteiger partial charge in [-0.3, -0.25) is 0 Å². The van der Waals surface area contributed by atoms with Crippen molar-refractivity contribution in [3.05, 3.63) is 48.4 Å². The molecular formula is C14H17N3. The van der Waals surface area contributed by atoms with Gasteiger partial charge in [0.25, 0.3) is 0 Å². The van der Waals surface area contributed by atoms with Crippen molar-refractivity contribution < 1.29 is 0 Å². The molecule has 0 aliphatic rings. The van der Waals surface area contributed by atoms with Crippen LogP contribution >= 0.6 is 0 Å². The van der Waals surface area contributed by atoms with Gasteiger partial charge in [0.15, 0.2) is 0 Å². The topological polar surface area (TPSA) is 51.8 Å². The van der Waals surface area contributed by atoms with Crippen LogP contribution in [0, 0.1) is 0 Å². The van der Waals surface area contributed by atoms with Gasteiger partial charge in [-0.2, -0.15) is 0 Å². The molecule has 0 aliphatic heterocycles. The third-order valence-corrected chi connectivity index (χ3v) is 2.78. The quantitative estimate of drug-likeness (QED) is 0.873. The van der Waals surface area contributed by atoms with Crippen molar-refractivity contribution in [1.29, 1.82) is 0 Å². The minimum atomic E-state index is 0.309. The first-order valence-corrected chi connectivity index (χ1v) is 5.89. The van der Waals surface area contributed by atoms with Gasteiger partial charge >= 0.3 is 0 Å². The van der Waals surface area contributed by atoms with Crippen LogP contribution in [0.25, 0.3) is 11.3 Å². The lowest BCUT2D eigenvalue weighted by Crippen LogP contribution is -2.08. The zero-order chi connectivity index (χ0) is 12.1. The molecule has 0 spiro atoms. The molecule has 0 bridgehead atoms. The number of hydrogen-bond acceptors (Lipinski definition) is 3. The summed E-state index contributed by atoms with van der Waals surface area (Å²) >= 11 is 0. The van der Waals surface area contributed by atoms with Crippen LogP contribution in [-0.2, 0) is 0 Å². The van der Waals surface area contributed by atoms with E-state index in [0.717, 1.165) is 23.5 Å². The van der Waals surface area contributed by atoms with E-state index in [1.807, 2.05) is 30.5 Å². The van der Waals surface area contributed by atoms with Gasteiger partial charge in [-0.25, -0.2) is 9.97 Å². The molecule has 2 rings (SSSR count). The average Bonchev–Trinajstić information content (AvgIpc) is 2.40. The van der Waals surface area contributed by atoms with Crippen LogP contribution in [0.2, 0.25) is 0 Å². The van der Waals surface area contributed by atoms with E-state index in [4.69, 9.17) is 5.73 Å². The molecule has 1 heterocycles. The summed E-state index contributed by atoms with van der Waals surface area (Å²) in [5.74, 6) is 1.18. The molecule has 17 heavy (non-hydrogen) atoms. The minimum Gasteiger partial charge on any atom is -0.330 e. The van der Waals surface area contributed by atoms with Crippen LogP contribution in [0.3, 0.4) is 0 Å².